The van der Waals surface area contributed by atoms with Crippen molar-refractivity contribution in [2.75, 3.05) is 0 Å². The number of benzene rings is 2. The summed E-state index contributed by atoms with van der Waals surface area (Å²) in [6, 6.07) is 11.0. The maximum absolute atomic E-state index is 13.3. The highest BCUT2D eigenvalue weighted by atomic mass is 19.2. The van der Waals surface area contributed by atoms with Gasteiger partial charge in [0.1, 0.15) is 5.82 Å². The molecule has 0 atom stereocenters. The summed E-state index contributed by atoms with van der Waals surface area (Å²) in [4.78, 5) is 15.8. The maximum atomic E-state index is 13.3. The lowest BCUT2D eigenvalue weighted by molar-refractivity contribution is 0.0999. The van der Waals surface area contributed by atoms with Crippen LogP contribution < -0.4 is 5.73 Å². The van der Waals surface area contributed by atoms with Crippen LogP contribution in [0.1, 0.15) is 39.6 Å². The number of carbonyl (C=O) groups excluding carboxylic acids is 1. The minimum atomic E-state index is -0.879. The van der Waals surface area contributed by atoms with Crippen molar-refractivity contribution in [2.24, 2.45) is 5.73 Å². The minimum absolute atomic E-state index is 0.342. The van der Waals surface area contributed by atoms with Gasteiger partial charge < -0.3 is 5.73 Å². The maximum Gasteiger partial charge on any atom is 0.248 e. The third-order valence-electron chi connectivity index (χ3n) is 4.06. The Kier molecular flexibility index (Phi) is 5.36. The third kappa shape index (κ3) is 4.30. The number of halogens is 2. The van der Waals surface area contributed by atoms with Crippen LogP contribution in [-0.4, -0.2) is 21.1 Å². The van der Waals surface area contributed by atoms with Crippen LogP contribution in [0.5, 0.6) is 0 Å². The van der Waals surface area contributed by atoms with Crippen molar-refractivity contribution < 1.29 is 13.6 Å². The lowest BCUT2D eigenvalue weighted by atomic mass is 10.0. The quantitative estimate of drug-likeness (QED) is 0.683. The molecule has 5 nitrogen and oxygen atoms in total. The summed E-state index contributed by atoms with van der Waals surface area (Å²) in [6.45, 7) is 0. The first kappa shape index (κ1) is 17.7. The predicted molar refractivity (Wildman–Crippen MR) is 92.5 cm³/mol. The van der Waals surface area contributed by atoms with Gasteiger partial charge in [0.2, 0.25) is 5.91 Å². The molecule has 0 aliphatic carbocycles. The van der Waals surface area contributed by atoms with Crippen LogP contribution in [0.3, 0.4) is 0 Å². The number of hydrogen-bond donors (Lipinski definition) is 2. The lowest BCUT2D eigenvalue weighted by Crippen LogP contribution is -2.13. The average molecular weight is 356 g/mol. The highest BCUT2D eigenvalue weighted by Gasteiger charge is 2.09. The van der Waals surface area contributed by atoms with Crippen molar-refractivity contribution in [3.05, 3.63) is 82.4 Å². The van der Waals surface area contributed by atoms with Crippen molar-refractivity contribution in [3.8, 4) is 0 Å². The second-order valence-electron chi connectivity index (χ2n) is 6.00. The summed E-state index contributed by atoms with van der Waals surface area (Å²) >= 11 is 0. The van der Waals surface area contributed by atoms with E-state index in [0.29, 0.717) is 42.0 Å². The second-order valence-corrected chi connectivity index (χ2v) is 6.00. The second kappa shape index (κ2) is 7.86. The Morgan fingerprint density at radius 3 is 2.65 bits per heavy atom. The van der Waals surface area contributed by atoms with E-state index in [1.165, 1.54) is 6.07 Å². The summed E-state index contributed by atoms with van der Waals surface area (Å²) in [5.41, 5.74) is 7.42. The standard InChI is InChI=1S/C19H18F2N4O/c20-15-9-8-12(10-16(15)21)11-18-23-17(24-25-18)7-3-5-13-4-1-2-6-14(13)19(22)26/h1-2,4,6,8-10H,3,5,7,11H2,(H2,22,26)(H,23,24,25). The minimum Gasteiger partial charge on any atom is -0.366 e. The van der Waals surface area contributed by atoms with Crippen LogP contribution in [0, 0.1) is 11.6 Å². The Balaban J connectivity index is 1.57. The van der Waals surface area contributed by atoms with Crippen molar-refractivity contribution >= 4 is 5.91 Å². The number of rotatable bonds is 7. The van der Waals surface area contributed by atoms with Crippen LogP contribution in [-0.2, 0) is 19.3 Å². The molecule has 0 radical (unpaired) electrons. The zero-order valence-corrected chi connectivity index (χ0v) is 14.0. The number of carbonyl (C=O) groups is 1. The van der Waals surface area contributed by atoms with E-state index in [0.717, 1.165) is 24.1 Å². The van der Waals surface area contributed by atoms with E-state index >= 15 is 0 Å². The molecule has 0 aliphatic heterocycles. The van der Waals surface area contributed by atoms with E-state index in [-0.39, 0.29) is 0 Å². The Bertz CT molecular complexity index is 923. The molecular formula is C19H18F2N4O. The largest absolute Gasteiger partial charge is 0.366 e. The molecule has 3 N–H and O–H groups in total. The van der Waals surface area contributed by atoms with Crippen LogP contribution in [0.4, 0.5) is 8.78 Å². The topological polar surface area (TPSA) is 84.7 Å². The van der Waals surface area contributed by atoms with Gasteiger partial charge in [0.25, 0.3) is 0 Å². The van der Waals surface area contributed by atoms with Crippen LogP contribution in [0.2, 0.25) is 0 Å². The molecule has 2 aromatic carbocycles. The number of H-pyrrole nitrogens is 1. The zero-order valence-electron chi connectivity index (χ0n) is 14.0. The smallest absolute Gasteiger partial charge is 0.248 e. The van der Waals surface area contributed by atoms with Crippen LogP contribution >= 0.6 is 0 Å². The number of nitrogens with zero attached hydrogens (tertiary/aromatic N) is 2. The normalized spacial score (nSPS) is 10.8. The first-order chi connectivity index (χ1) is 12.5. The van der Waals surface area contributed by atoms with E-state index in [1.807, 2.05) is 12.1 Å². The van der Waals surface area contributed by atoms with E-state index in [1.54, 1.807) is 12.1 Å². The number of amides is 1. The highest BCUT2D eigenvalue weighted by Crippen LogP contribution is 2.13. The number of nitrogens with one attached hydrogen (secondary N) is 1. The van der Waals surface area contributed by atoms with Crippen LogP contribution in [0.25, 0.3) is 0 Å². The summed E-state index contributed by atoms with van der Waals surface area (Å²) < 4.78 is 26.2. The molecule has 1 amide bonds. The van der Waals surface area contributed by atoms with Crippen molar-refractivity contribution in [3.63, 3.8) is 0 Å². The molecule has 0 fully saturated rings. The highest BCUT2D eigenvalue weighted by molar-refractivity contribution is 5.94. The number of primary amides is 1. The molecule has 0 aliphatic rings. The fourth-order valence-electron chi connectivity index (χ4n) is 2.78. The Hall–Kier alpha value is -3.09. The summed E-state index contributed by atoms with van der Waals surface area (Å²) in [5, 5.41) is 6.96. The first-order valence-electron chi connectivity index (χ1n) is 8.24. The number of aryl methyl sites for hydroxylation is 2. The summed E-state index contributed by atoms with van der Waals surface area (Å²) in [5.74, 6) is -0.964. The van der Waals surface area contributed by atoms with Gasteiger partial charge in [-0.3, -0.25) is 9.89 Å². The molecular weight excluding hydrogens is 338 g/mol. The van der Waals surface area contributed by atoms with Gasteiger partial charge in [0.15, 0.2) is 17.5 Å². The SMILES string of the molecule is NC(=O)c1ccccc1CCCc1n[nH]c(Cc2ccc(F)c(F)c2)n1. The van der Waals surface area contributed by atoms with E-state index in [4.69, 9.17) is 5.73 Å². The fourth-order valence-corrected chi connectivity index (χ4v) is 2.78. The van der Waals surface area contributed by atoms with Gasteiger partial charge >= 0.3 is 0 Å². The Labute approximate surface area is 149 Å². The number of nitrogens with two attached hydrogens (primary N) is 1. The van der Waals surface area contributed by atoms with E-state index < -0.39 is 17.5 Å². The molecule has 0 unspecified atom stereocenters. The molecule has 0 bridgehead atoms. The van der Waals surface area contributed by atoms with Gasteiger partial charge in [0.05, 0.1) is 0 Å². The van der Waals surface area contributed by atoms with Crippen molar-refractivity contribution in [1.29, 1.82) is 0 Å². The van der Waals surface area contributed by atoms with Gasteiger partial charge in [-0.25, -0.2) is 13.8 Å². The third-order valence-corrected chi connectivity index (χ3v) is 4.06. The zero-order chi connectivity index (χ0) is 18.5. The van der Waals surface area contributed by atoms with Gasteiger partial charge in [-0.1, -0.05) is 24.3 Å². The molecule has 26 heavy (non-hydrogen) atoms. The molecule has 7 heteroatoms. The van der Waals surface area contributed by atoms with Crippen LogP contribution in [0.15, 0.2) is 42.5 Å². The average Bonchev–Trinajstić information content (AvgIpc) is 3.06. The molecule has 1 heterocycles. The Morgan fingerprint density at radius 2 is 1.88 bits per heavy atom. The summed E-state index contributed by atoms with van der Waals surface area (Å²) in [7, 11) is 0. The van der Waals surface area contributed by atoms with Gasteiger partial charge in [-0.2, -0.15) is 5.10 Å². The number of aromatic amines is 1. The van der Waals surface area contributed by atoms with Crippen molar-refractivity contribution in [1.82, 2.24) is 15.2 Å². The lowest BCUT2D eigenvalue weighted by Gasteiger charge is -2.05. The van der Waals surface area contributed by atoms with E-state index in [9.17, 15) is 13.6 Å². The monoisotopic (exact) mass is 356 g/mol. The first-order valence-corrected chi connectivity index (χ1v) is 8.24. The number of hydrogen-bond acceptors (Lipinski definition) is 3. The van der Waals surface area contributed by atoms with E-state index in [2.05, 4.69) is 15.2 Å². The van der Waals surface area contributed by atoms with Gasteiger partial charge in [0, 0.05) is 18.4 Å². The molecule has 1 aromatic heterocycles. The van der Waals surface area contributed by atoms with Gasteiger partial charge in [-0.15, -0.1) is 0 Å². The molecule has 0 spiro atoms. The Morgan fingerprint density at radius 1 is 1.08 bits per heavy atom. The molecule has 0 saturated carbocycles. The van der Waals surface area contributed by atoms with Gasteiger partial charge in [-0.05, 0) is 42.2 Å². The number of aromatic nitrogens is 3. The predicted octanol–water partition coefficient (Wildman–Crippen LogP) is 2.95. The molecule has 134 valence electrons. The molecule has 3 aromatic rings. The van der Waals surface area contributed by atoms with Crippen molar-refractivity contribution in [2.45, 2.75) is 25.7 Å². The molecule has 0 saturated heterocycles. The molecule has 3 rings (SSSR count). The summed E-state index contributed by atoms with van der Waals surface area (Å²) in [6.07, 6.45) is 2.41. The fraction of sp³-hybridized carbons (Fsp3) is 0.211.